The number of rotatable bonds is 34. The maximum Gasteiger partial charge on any atom is 0.328 e. The van der Waals surface area contributed by atoms with E-state index in [9.17, 15) is 67.1 Å². The number of ether oxygens (including phenoxy) is 1. The molecule has 2 aliphatic carbocycles. The van der Waals surface area contributed by atoms with Crippen LogP contribution < -0.4 is 21.3 Å². The van der Waals surface area contributed by atoms with E-state index in [0.29, 0.717) is 64.2 Å². The van der Waals surface area contributed by atoms with E-state index in [1.165, 1.54) is 81.1 Å². The highest BCUT2D eigenvalue weighted by Gasteiger charge is 2.45. The van der Waals surface area contributed by atoms with Crippen LogP contribution in [0, 0.1) is 55.3 Å². The van der Waals surface area contributed by atoms with Crippen molar-refractivity contribution in [1.82, 2.24) is 36.2 Å². The molecule has 2 fully saturated rings. The monoisotopic (exact) mass is 1360 g/mol. The normalized spacial score (nSPS) is 18.1. The zero-order valence-electron chi connectivity index (χ0n) is 63.2. The second-order valence-corrected chi connectivity index (χ2v) is 27.3. The second-order valence-electron chi connectivity index (χ2n) is 27.3. The minimum absolute atomic E-state index is 0.0431. The molecule has 3 rings (SSSR count). The van der Waals surface area contributed by atoms with E-state index in [1.54, 1.807) is 34.6 Å². The van der Waals surface area contributed by atoms with Gasteiger partial charge in [-0.15, -0.1) is 0 Å². The van der Waals surface area contributed by atoms with Gasteiger partial charge in [0.05, 0.1) is 6.54 Å². The maximum absolute atomic E-state index is 11.8. The first-order valence-electron chi connectivity index (χ1n) is 34.9. The van der Waals surface area contributed by atoms with Crippen LogP contribution in [0.4, 0.5) is 0 Å². The molecule has 0 radical (unpaired) electrons. The van der Waals surface area contributed by atoms with Gasteiger partial charge in [-0.05, 0) is 171 Å². The minimum Gasteiger partial charge on any atom is -0.462 e. The van der Waals surface area contributed by atoms with E-state index in [0.717, 1.165) is 94.6 Å². The van der Waals surface area contributed by atoms with Gasteiger partial charge in [-0.3, -0.25) is 38.4 Å². The minimum atomic E-state index is -0.716. The third-order valence-corrected chi connectivity index (χ3v) is 16.0. The highest BCUT2D eigenvalue weighted by atomic mass is 16.5. The van der Waals surface area contributed by atoms with Crippen LogP contribution in [0.5, 0.6) is 0 Å². The van der Waals surface area contributed by atoms with Crippen molar-refractivity contribution in [2.75, 3.05) is 19.7 Å². The van der Waals surface area contributed by atoms with Gasteiger partial charge in [0.25, 0.3) is 0 Å². The van der Waals surface area contributed by atoms with Crippen molar-refractivity contribution in [1.29, 1.82) is 0 Å². The molecule has 1 heterocycles. The first-order valence-corrected chi connectivity index (χ1v) is 34.9. The van der Waals surface area contributed by atoms with Crippen LogP contribution in [0.2, 0.25) is 0 Å². The summed E-state index contributed by atoms with van der Waals surface area (Å²) >= 11 is 0. The summed E-state index contributed by atoms with van der Waals surface area (Å²) in [4.78, 5) is 167. The molecule has 0 aromatic carbocycles. The number of Topliss-reactive ketones (excluding diaryl/α,β-unsaturated/α-hetero) is 9. The lowest BCUT2D eigenvalue weighted by Gasteiger charge is -2.47. The Hall–Kier alpha value is -6.61. The predicted octanol–water partition coefficient (Wildman–Crippen LogP) is 12.2. The Balaban J connectivity index is -0.000000529. The van der Waals surface area contributed by atoms with Gasteiger partial charge in [0.2, 0.25) is 23.6 Å². The number of hydrogen-bond donors (Lipinski definition) is 4. The molecule has 4 amide bonds. The lowest BCUT2D eigenvalue weighted by molar-refractivity contribution is -0.148. The van der Waals surface area contributed by atoms with E-state index in [2.05, 4.69) is 70.8 Å². The number of nitrogens with one attached hydrogen (secondary N) is 4. The number of hydrogen-bond acceptors (Lipinski definition) is 18. The van der Waals surface area contributed by atoms with Crippen molar-refractivity contribution in [3.8, 4) is 0 Å². The van der Waals surface area contributed by atoms with Crippen molar-refractivity contribution in [3.63, 3.8) is 0 Å². The molecule has 1 aromatic heterocycles. The zero-order chi connectivity index (χ0) is 74.7. The number of carbonyl (C=O) groups is 14. The van der Waals surface area contributed by atoms with Gasteiger partial charge < -0.3 is 50.0 Å². The summed E-state index contributed by atoms with van der Waals surface area (Å²) in [5.74, 6) is 0.581. The Bertz CT molecular complexity index is 2400. The van der Waals surface area contributed by atoms with Crippen LogP contribution in [0.15, 0.2) is 0 Å². The first kappa shape index (κ1) is 95.8. The number of carbonyl (C=O) groups excluding carboxylic acids is 14. The summed E-state index contributed by atoms with van der Waals surface area (Å²) in [6.07, 6.45) is 22.3. The average molecular weight is 1360 g/mol. The molecule has 0 saturated heterocycles. The quantitative estimate of drug-likeness (QED) is 0.0368. The van der Waals surface area contributed by atoms with Crippen LogP contribution in [0.3, 0.4) is 0 Å². The molecule has 22 heteroatoms. The van der Waals surface area contributed by atoms with Crippen LogP contribution in [-0.2, 0) is 71.9 Å². The highest BCUT2D eigenvalue weighted by molar-refractivity contribution is 5.93. The van der Waals surface area contributed by atoms with Gasteiger partial charge in [0.15, 0.2) is 0 Å². The maximum atomic E-state index is 11.8. The Kier molecular flexibility index (Phi) is 55.3. The fourth-order valence-electron chi connectivity index (χ4n) is 11.7. The molecule has 96 heavy (non-hydrogen) atoms. The second kappa shape index (κ2) is 55.4. The molecule has 2 aliphatic rings. The average Bonchev–Trinajstić information content (AvgIpc) is 0.810. The van der Waals surface area contributed by atoms with Crippen LogP contribution in [0.25, 0.3) is 0 Å². The van der Waals surface area contributed by atoms with Gasteiger partial charge in [0.1, 0.15) is 82.2 Å². The number of ketones is 9. The predicted molar refractivity (Wildman–Crippen MR) is 376 cm³/mol. The molecule has 0 spiro atoms. The first-order chi connectivity index (χ1) is 44.5. The molecular weight excluding hydrogens is 1230 g/mol. The number of nitrogens with zero attached hydrogens (tertiary/aromatic N) is 3. The SMILES string of the molecule is CC(=O)C1CC(C(C)=O)C(C(C)=O)CC1C(C)=O.CC(=O)CCC1(C)CC(NC(C)=O)CC(C)(C)C1.CC(=O)CCCCC(C)=O.CC(=O)CCCCC(NC(C)=O)C(=O)OCCNC(C)=O.CC(=O)CCCCCCCNC(C)=O.CCCCCC.Cc1nc(C)nc(C)n1. The van der Waals surface area contributed by atoms with Crippen LogP contribution in [0.1, 0.15) is 303 Å². The summed E-state index contributed by atoms with van der Waals surface area (Å²) < 4.78 is 5.00. The fraction of sp³-hybridized carbons (Fsp3) is 0.770. The number of aryl methyl sites for hydroxylation is 3. The highest BCUT2D eigenvalue weighted by Crippen LogP contribution is 2.48. The van der Waals surface area contributed by atoms with E-state index in [1.807, 2.05) is 20.8 Å². The number of esters is 1. The lowest BCUT2D eigenvalue weighted by atomic mass is 9.61. The third-order valence-electron chi connectivity index (χ3n) is 16.0. The smallest absolute Gasteiger partial charge is 0.328 e. The van der Waals surface area contributed by atoms with Crippen molar-refractivity contribution in [2.24, 2.45) is 34.5 Å². The molecule has 550 valence electrons. The molecule has 0 bridgehead atoms. The molecule has 4 N–H and O–H groups in total. The molecule has 0 aliphatic heterocycles. The van der Waals surface area contributed by atoms with E-state index in [4.69, 9.17) is 4.74 Å². The molecule has 7 unspecified atom stereocenters. The molecule has 22 nitrogen and oxygen atoms in total. The Labute approximate surface area is 577 Å². The summed E-state index contributed by atoms with van der Waals surface area (Å²) in [5.41, 5.74) is 0.400. The van der Waals surface area contributed by atoms with Gasteiger partial charge in [-0.1, -0.05) is 86.0 Å². The van der Waals surface area contributed by atoms with Gasteiger partial charge in [0, 0.05) is 96.1 Å². The Morgan fingerprint density at radius 1 is 0.438 bits per heavy atom. The summed E-state index contributed by atoms with van der Waals surface area (Å²) in [7, 11) is 0. The standard InChI is InChI=1S/C15H27NO2.C14H24N2O5.C14H20O4.C11H21NO2.C8H14O2.C6H9N3.C6H14/c1-11(17)6-7-15(5)9-13(16-12(2)18)8-14(3,4)10-15;1-10(17)6-4-5-7-13(16-12(3)19)14(20)21-9-8-15-11(2)18;1-7(15)11-5-13(9(3)17)14(10(4)18)6-12(11)8(2)16;1-10(13)8-6-4-3-5-7-9-12-11(2)14;1-7(9)5-3-4-6-8(2)10;1-4-7-5(2)9-6(3)8-4;1-3-5-6-4-2/h13H,6-10H2,1-5H3,(H,16,18);13H,4-9H2,1-3H3,(H,15,18)(H,16,19);11-14H,5-6H2,1-4H3;3-9H2,1-2H3,(H,12,14);3-6H2,1-2H3;1-3H3;3-6H2,1-2H3. The lowest BCUT2D eigenvalue weighted by Crippen LogP contribution is -2.46. The van der Waals surface area contributed by atoms with E-state index < -0.39 is 35.7 Å². The van der Waals surface area contributed by atoms with Gasteiger partial charge in [-0.25, -0.2) is 19.7 Å². The van der Waals surface area contributed by atoms with E-state index >= 15 is 0 Å². The number of unbranched alkanes of at least 4 members (excludes halogenated alkanes) is 9. The van der Waals surface area contributed by atoms with Crippen molar-refractivity contribution >= 4 is 81.6 Å². The molecule has 7 atom stereocenters. The van der Waals surface area contributed by atoms with Gasteiger partial charge >= 0.3 is 5.97 Å². The number of aromatic nitrogens is 3. The van der Waals surface area contributed by atoms with Crippen molar-refractivity contribution in [3.05, 3.63) is 17.5 Å². The topological polar surface area (TPSA) is 335 Å². The number of amides is 4. The van der Waals surface area contributed by atoms with Crippen molar-refractivity contribution in [2.45, 2.75) is 318 Å². The zero-order valence-corrected chi connectivity index (χ0v) is 63.2. The molecule has 1 aromatic rings. The van der Waals surface area contributed by atoms with Crippen molar-refractivity contribution < 1.29 is 71.9 Å². The molecule has 2 saturated carbocycles. The van der Waals surface area contributed by atoms with Gasteiger partial charge in [-0.2, -0.15) is 0 Å². The Morgan fingerprint density at radius 3 is 1.14 bits per heavy atom. The third kappa shape index (κ3) is 57.6. The Morgan fingerprint density at radius 2 is 0.792 bits per heavy atom. The van der Waals surface area contributed by atoms with E-state index in [-0.39, 0.29) is 106 Å². The summed E-state index contributed by atoms with van der Waals surface area (Å²) in [5, 5.41) is 10.9. The summed E-state index contributed by atoms with van der Waals surface area (Å²) in [6.45, 7) is 37.5. The fourth-order valence-corrected chi connectivity index (χ4v) is 11.7. The molecular formula is C74H129N7O15. The van der Waals surface area contributed by atoms with Crippen LogP contribution >= 0.6 is 0 Å². The largest absolute Gasteiger partial charge is 0.462 e. The summed E-state index contributed by atoms with van der Waals surface area (Å²) in [6, 6.07) is -0.463. The van der Waals surface area contributed by atoms with Crippen LogP contribution in [-0.4, -0.2) is 128 Å².